The van der Waals surface area contributed by atoms with Gasteiger partial charge in [0.25, 0.3) is 5.91 Å². The molecule has 3 amide bonds. The van der Waals surface area contributed by atoms with Crippen molar-refractivity contribution in [2.24, 2.45) is 5.92 Å². The van der Waals surface area contributed by atoms with E-state index >= 15 is 0 Å². The summed E-state index contributed by atoms with van der Waals surface area (Å²) >= 11 is 6.44. The highest BCUT2D eigenvalue weighted by atomic mass is 35.5. The van der Waals surface area contributed by atoms with Crippen molar-refractivity contribution in [3.8, 4) is 0 Å². The number of hydrogen-bond donors (Lipinski definition) is 2. The maximum absolute atomic E-state index is 14.2. The first-order valence-corrected chi connectivity index (χ1v) is 14.0. The molecule has 39 heavy (non-hydrogen) atoms. The number of amides is 3. The SMILES string of the molecule is CCCN(C(=O)C(CC(C)C)NC(=O)OC(C)(C)C)C(C(=O)Nc1c(C)cccc1Cl)c1ccc(C)cc1C. The molecule has 2 aromatic carbocycles. The Labute approximate surface area is 238 Å². The Kier molecular flexibility index (Phi) is 11.4. The Morgan fingerprint density at radius 3 is 2.23 bits per heavy atom. The molecule has 214 valence electrons. The van der Waals surface area contributed by atoms with Gasteiger partial charge in [-0.25, -0.2) is 4.79 Å². The van der Waals surface area contributed by atoms with E-state index in [2.05, 4.69) is 10.6 Å². The molecule has 0 fully saturated rings. The number of halogens is 1. The lowest BCUT2D eigenvalue weighted by molar-refractivity contribution is -0.141. The number of para-hydroxylation sites is 1. The molecule has 2 atom stereocenters. The number of benzene rings is 2. The van der Waals surface area contributed by atoms with Crippen LogP contribution < -0.4 is 10.6 Å². The lowest BCUT2D eigenvalue weighted by Crippen LogP contribution is -2.53. The van der Waals surface area contributed by atoms with Gasteiger partial charge in [-0.1, -0.05) is 68.3 Å². The second-order valence-electron chi connectivity index (χ2n) is 11.5. The van der Waals surface area contributed by atoms with Crippen LogP contribution in [0, 0.1) is 26.7 Å². The number of carbonyl (C=O) groups excluding carboxylic acids is 3. The second-order valence-corrected chi connectivity index (χ2v) is 12.0. The van der Waals surface area contributed by atoms with E-state index in [9.17, 15) is 14.4 Å². The van der Waals surface area contributed by atoms with Crippen molar-refractivity contribution >= 4 is 35.2 Å². The maximum atomic E-state index is 14.2. The summed E-state index contributed by atoms with van der Waals surface area (Å²) in [5.74, 6) is -0.607. The number of nitrogens with zero attached hydrogens (tertiary/aromatic N) is 1. The van der Waals surface area contributed by atoms with Gasteiger partial charge in [0, 0.05) is 6.54 Å². The molecule has 2 unspecified atom stereocenters. The van der Waals surface area contributed by atoms with Crippen LogP contribution in [0.4, 0.5) is 10.5 Å². The van der Waals surface area contributed by atoms with E-state index in [4.69, 9.17) is 16.3 Å². The molecule has 8 heteroatoms. The molecule has 0 aliphatic carbocycles. The molecule has 2 aromatic rings. The minimum Gasteiger partial charge on any atom is -0.444 e. The second kappa shape index (κ2) is 13.8. The third kappa shape index (κ3) is 9.27. The average molecular weight is 558 g/mol. The summed E-state index contributed by atoms with van der Waals surface area (Å²) in [6.07, 6.45) is 0.340. The molecule has 0 bridgehead atoms. The van der Waals surface area contributed by atoms with E-state index in [-0.39, 0.29) is 17.7 Å². The molecular weight excluding hydrogens is 514 g/mol. The Morgan fingerprint density at radius 1 is 1.03 bits per heavy atom. The number of rotatable bonds is 10. The predicted octanol–water partition coefficient (Wildman–Crippen LogP) is 7.12. The standard InChI is InChI=1S/C31H44ClN3O4/c1-10-16-35(29(37)25(17-19(2)3)33-30(38)39-31(7,8)9)27(23-15-14-20(4)18-22(23)6)28(36)34-26-21(5)12-11-13-24(26)32/h11-15,18-19,25,27H,10,16-17H2,1-9H3,(H,33,38)(H,34,36). The topological polar surface area (TPSA) is 87.7 Å². The minimum absolute atomic E-state index is 0.108. The lowest BCUT2D eigenvalue weighted by Gasteiger charge is -2.35. The zero-order valence-electron chi connectivity index (χ0n) is 24.8. The molecule has 0 aromatic heterocycles. The molecule has 0 aliphatic heterocycles. The van der Waals surface area contributed by atoms with Gasteiger partial charge in [-0.15, -0.1) is 0 Å². The Morgan fingerprint density at radius 2 is 1.69 bits per heavy atom. The zero-order valence-corrected chi connectivity index (χ0v) is 25.5. The van der Waals surface area contributed by atoms with Crippen LogP contribution in [-0.4, -0.2) is 41.0 Å². The molecule has 7 nitrogen and oxygen atoms in total. The first kappa shape index (κ1) is 32.2. The first-order valence-electron chi connectivity index (χ1n) is 13.6. The van der Waals surface area contributed by atoms with Gasteiger partial charge in [0.1, 0.15) is 17.7 Å². The lowest BCUT2D eigenvalue weighted by atomic mass is 9.95. The molecular formula is C31H44ClN3O4. The first-order chi connectivity index (χ1) is 18.1. The summed E-state index contributed by atoms with van der Waals surface area (Å²) < 4.78 is 5.46. The third-order valence-corrected chi connectivity index (χ3v) is 6.51. The summed E-state index contributed by atoms with van der Waals surface area (Å²) in [6, 6.07) is 9.42. The van der Waals surface area contributed by atoms with Crippen LogP contribution in [0.1, 0.15) is 82.7 Å². The maximum Gasteiger partial charge on any atom is 0.408 e. The number of hydrogen-bond acceptors (Lipinski definition) is 4. The highest BCUT2D eigenvalue weighted by Gasteiger charge is 2.37. The normalized spacial score (nSPS) is 13.0. The Bertz CT molecular complexity index is 1150. The molecule has 0 radical (unpaired) electrons. The van der Waals surface area contributed by atoms with E-state index in [1.165, 1.54) is 0 Å². The number of aryl methyl sites for hydroxylation is 3. The average Bonchev–Trinajstić information content (AvgIpc) is 2.80. The highest BCUT2D eigenvalue weighted by Crippen LogP contribution is 2.31. The van der Waals surface area contributed by atoms with Gasteiger partial charge in [0.05, 0.1) is 10.7 Å². The molecule has 0 saturated heterocycles. The van der Waals surface area contributed by atoms with Crippen molar-refractivity contribution in [3.63, 3.8) is 0 Å². The summed E-state index contributed by atoms with van der Waals surface area (Å²) in [5, 5.41) is 6.18. The van der Waals surface area contributed by atoms with Crippen molar-refractivity contribution in [1.29, 1.82) is 0 Å². The van der Waals surface area contributed by atoms with Crippen LogP contribution in [0.25, 0.3) is 0 Å². The van der Waals surface area contributed by atoms with Crippen LogP contribution >= 0.6 is 11.6 Å². The number of anilines is 1. The number of ether oxygens (including phenoxy) is 1. The Hall–Kier alpha value is -3.06. The van der Waals surface area contributed by atoms with Gasteiger partial charge in [0.2, 0.25) is 5.91 Å². The summed E-state index contributed by atoms with van der Waals surface area (Å²) in [5.41, 5.74) is 3.26. The van der Waals surface area contributed by atoms with E-state index < -0.39 is 23.8 Å². The fourth-order valence-electron chi connectivity index (χ4n) is 4.52. The van der Waals surface area contributed by atoms with Gasteiger partial charge < -0.3 is 20.3 Å². The number of alkyl carbamates (subject to hydrolysis) is 1. The Balaban J connectivity index is 2.59. The van der Waals surface area contributed by atoms with Crippen molar-refractivity contribution in [3.05, 3.63) is 63.7 Å². The van der Waals surface area contributed by atoms with E-state index in [1.807, 2.05) is 71.9 Å². The van der Waals surface area contributed by atoms with Gasteiger partial charge in [-0.2, -0.15) is 0 Å². The largest absolute Gasteiger partial charge is 0.444 e. The molecule has 0 spiro atoms. The number of carbonyl (C=O) groups is 3. The number of nitrogens with one attached hydrogen (secondary N) is 2. The van der Waals surface area contributed by atoms with Crippen molar-refractivity contribution in [2.45, 2.75) is 92.8 Å². The van der Waals surface area contributed by atoms with Crippen molar-refractivity contribution < 1.29 is 19.1 Å². The van der Waals surface area contributed by atoms with Gasteiger partial charge >= 0.3 is 6.09 Å². The van der Waals surface area contributed by atoms with Crippen molar-refractivity contribution in [2.75, 3.05) is 11.9 Å². The summed E-state index contributed by atoms with van der Waals surface area (Å²) in [6.45, 7) is 17.3. The van der Waals surface area contributed by atoms with Crippen molar-refractivity contribution in [1.82, 2.24) is 10.2 Å². The van der Waals surface area contributed by atoms with E-state index in [0.717, 1.165) is 16.7 Å². The highest BCUT2D eigenvalue weighted by molar-refractivity contribution is 6.34. The fourth-order valence-corrected chi connectivity index (χ4v) is 4.78. The summed E-state index contributed by atoms with van der Waals surface area (Å²) in [7, 11) is 0. The molecule has 0 heterocycles. The smallest absolute Gasteiger partial charge is 0.408 e. The van der Waals surface area contributed by atoms with Crippen LogP contribution in [0.3, 0.4) is 0 Å². The van der Waals surface area contributed by atoms with E-state index in [1.54, 1.807) is 31.7 Å². The van der Waals surface area contributed by atoms with Gasteiger partial charge in [0.15, 0.2) is 0 Å². The van der Waals surface area contributed by atoms with Crippen LogP contribution in [0.15, 0.2) is 36.4 Å². The monoisotopic (exact) mass is 557 g/mol. The minimum atomic E-state index is -0.941. The van der Waals surface area contributed by atoms with Gasteiger partial charge in [-0.05, 0) is 83.1 Å². The fraction of sp³-hybridized carbons (Fsp3) is 0.516. The molecule has 0 saturated carbocycles. The molecule has 2 rings (SSSR count). The van der Waals surface area contributed by atoms with Gasteiger partial charge in [-0.3, -0.25) is 9.59 Å². The molecule has 2 N–H and O–H groups in total. The summed E-state index contributed by atoms with van der Waals surface area (Å²) in [4.78, 5) is 42.5. The van der Waals surface area contributed by atoms with E-state index in [0.29, 0.717) is 35.7 Å². The molecule has 0 aliphatic rings. The quantitative estimate of drug-likeness (QED) is 0.325. The zero-order chi connectivity index (χ0) is 29.5. The third-order valence-electron chi connectivity index (χ3n) is 6.19. The van der Waals surface area contributed by atoms with Crippen LogP contribution in [0.5, 0.6) is 0 Å². The van der Waals surface area contributed by atoms with Crippen LogP contribution in [0.2, 0.25) is 5.02 Å². The predicted molar refractivity (Wildman–Crippen MR) is 158 cm³/mol. The van der Waals surface area contributed by atoms with Crippen LogP contribution in [-0.2, 0) is 14.3 Å².